The van der Waals surface area contributed by atoms with E-state index in [1.54, 1.807) is 12.1 Å². The normalized spacial score (nSPS) is 34.0. The highest BCUT2D eigenvalue weighted by Crippen LogP contribution is 2.25. The lowest BCUT2D eigenvalue weighted by molar-refractivity contribution is -0.266. The average molecular weight is 394 g/mol. The molecule has 0 radical (unpaired) electrons. The third-order valence-electron chi connectivity index (χ3n) is 3.40. The fourth-order valence-corrected chi connectivity index (χ4v) is 2.81. The largest absolute Gasteiger partial charge is 0.462 e. The van der Waals surface area contributed by atoms with Crippen LogP contribution in [0.1, 0.15) is 12.5 Å². The molecule has 1 fully saturated rings. The molecule has 1 heterocycles. The minimum Gasteiger partial charge on any atom is -0.462 e. The standard InChI is InChI=1S/C14H19IO5/c1-2-8-3-5-9(6-4-8)19-14-13(18)12(17)11(16)10(7-15)20-14/h3-6,10-14,16-18H,2,7H2,1H3. The van der Waals surface area contributed by atoms with E-state index in [0.29, 0.717) is 10.2 Å². The van der Waals surface area contributed by atoms with Gasteiger partial charge in [0.1, 0.15) is 24.1 Å². The van der Waals surface area contributed by atoms with Gasteiger partial charge < -0.3 is 24.8 Å². The van der Waals surface area contributed by atoms with Crippen molar-refractivity contribution in [2.24, 2.45) is 0 Å². The van der Waals surface area contributed by atoms with Gasteiger partial charge in [0.25, 0.3) is 0 Å². The van der Waals surface area contributed by atoms with Crippen LogP contribution in [0.4, 0.5) is 0 Å². The van der Waals surface area contributed by atoms with Crippen LogP contribution in [-0.2, 0) is 11.2 Å². The van der Waals surface area contributed by atoms with Crippen molar-refractivity contribution in [3.05, 3.63) is 29.8 Å². The first-order valence-electron chi connectivity index (χ1n) is 6.58. The Morgan fingerprint density at radius 1 is 1.10 bits per heavy atom. The highest BCUT2D eigenvalue weighted by atomic mass is 127. The number of aliphatic hydroxyl groups is 3. The van der Waals surface area contributed by atoms with E-state index >= 15 is 0 Å². The Morgan fingerprint density at radius 3 is 2.30 bits per heavy atom. The van der Waals surface area contributed by atoms with Crippen molar-refractivity contribution in [3.63, 3.8) is 0 Å². The van der Waals surface area contributed by atoms with E-state index in [1.165, 1.54) is 5.56 Å². The molecule has 0 spiro atoms. The van der Waals surface area contributed by atoms with Crippen molar-refractivity contribution in [1.29, 1.82) is 0 Å². The molecular weight excluding hydrogens is 375 g/mol. The molecule has 1 saturated heterocycles. The zero-order chi connectivity index (χ0) is 14.7. The quantitative estimate of drug-likeness (QED) is 0.522. The van der Waals surface area contributed by atoms with Crippen LogP contribution in [0.5, 0.6) is 5.75 Å². The van der Waals surface area contributed by atoms with Gasteiger partial charge in [-0.1, -0.05) is 41.6 Å². The van der Waals surface area contributed by atoms with Crippen LogP contribution in [-0.4, -0.2) is 50.5 Å². The average Bonchev–Trinajstić information content (AvgIpc) is 2.48. The van der Waals surface area contributed by atoms with Gasteiger partial charge in [-0.3, -0.25) is 0 Å². The Kier molecular flexibility index (Phi) is 5.62. The molecule has 5 nitrogen and oxygen atoms in total. The summed E-state index contributed by atoms with van der Waals surface area (Å²) in [4.78, 5) is 0. The van der Waals surface area contributed by atoms with E-state index in [2.05, 4.69) is 29.5 Å². The Morgan fingerprint density at radius 2 is 1.75 bits per heavy atom. The van der Waals surface area contributed by atoms with E-state index < -0.39 is 30.7 Å². The first kappa shape index (κ1) is 16.0. The number of rotatable bonds is 4. The van der Waals surface area contributed by atoms with Crippen LogP contribution in [0.2, 0.25) is 0 Å². The van der Waals surface area contributed by atoms with Crippen molar-refractivity contribution in [3.8, 4) is 5.75 Å². The SMILES string of the molecule is CCc1ccc(OC2OC(CI)C(O)C(O)C2O)cc1. The first-order chi connectivity index (χ1) is 9.56. The molecule has 3 N–H and O–H groups in total. The molecule has 5 unspecified atom stereocenters. The summed E-state index contributed by atoms with van der Waals surface area (Å²) < 4.78 is 11.6. The third kappa shape index (κ3) is 3.43. The van der Waals surface area contributed by atoms with Crippen LogP contribution in [0, 0.1) is 0 Å². The summed E-state index contributed by atoms with van der Waals surface area (Å²) in [5, 5.41) is 29.5. The number of ether oxygens (including phenoxy) is 2. The second kappa shape index (κ2) is 7.04. The lowest BCUT2D eigenvalue weighted by Gasteiger charge is -2.39. The molecule has 0 aliphatic carbocycles. The number of halogens is 1. The van der Waals surface area contributed by atoms with Gasteiger partial charge in [-0.15, -0.1) is 0 Å². The van der Waals surface area contributed by atoms with E-state index in [0.717, 1.165) is 6.42 Å². The fraction of sp³-hybridized carbons (Fsp3) is 0.571. The molecule has 1 aromatic carbocycles. The van der Waals surface area contributed by atoms with Gasteiger partial charge >= 0.3 is 0 Å². The molecule has 0 bridgehead atoms. The minimum atomic E-state index is -1.28. The maximum Gasteiger partial charge on any atom is 0.229 e. The van der Waals surface area contributed by atoms with Gasteiger partial charge in [0.2, 0.25) is 6.29 Å². The number of hydrogen-bond donors (Lipinski definition) is 3. The molecule has 0 aromatic heterocycles. The molecule has 1 aliphatic heterocycles. The van der Waals surface area contributed by atoms with Crippen molar-refractivity contribution in [1.82, 2.24) is 0 Å². The number of hydrogen-bond acceptors (Lipinski definition) is 5. The predicted octanol–water partition coefficient (Wildman–Crippen LogP) is 0.870. The number of aliphatic hydroxyl groups excluding tert-OH is 3. The summed E-state index contributed by atoms with van der Waals surface area (Å²) in [6.07, 6.45) is -4.28. The molecule has 2 rings (SSSR count). The highest BCUT2D eigenvalue weighted by molar-refractivity contribution is 14.1. The van der Waals surface area contributed by atoms with Gasteiger partial charge in [-0.25, -0.2) is 0 Å². The third-order valence-corrected chi connectivity index (χ3v) is 4.27. The van der Waals surface area contributed by atoms with Gasteiger partial charge in [0, 0.05) is 4.43 Å². The van der Waals surface area contributed by atoms with Crippen molar-refractivity contribution >= 4 is 22.6 Å². The van der Waals surface area contributed by atoms with E-state index in [9.17, 15) is 15.3 Å². The predicted molar refractivity (Wildman–Crippen MR) is 82.0 cm³/mol. The van der Waals surface area contributed by atoms with E-state index in [4.69, 9.17) is 9.47 Å². The van der Waals surface area contributed by atoms with Crippen molar-refractivity contribution in [2.75, 3.05) is 4.43 Å². The molecule has 0 saturated carbocycles. The second-order valence-electron chi connectivity index (χ2n) is 4.78. The summed E-state index contributed by atoms with van der Waals surface area (Å²) in [5.41, 5.74) is 1.18. The Labute approximate surface area is 131 Å². The number of aryl methyl sites for hydroxylation is 1. The number of alkyl halides is 1. The summed E-state index contributed by atoms with van der Waals surface area (Å²) in [6, 6.07) is 7.47. The molecule has 112 valence electrons. The lowest BCUT2D eigenvalue weighted by Crippen LogP contribution is -2.59. The summed E-state index contributed by atoms with van der Waals surface area (Å²) >= 11 is 2.06. The highest BCUT2D eigenvalue weighted by Gasteiger charge is 2.44. The second-order valence-corrected chi connectivity index (χ2v) is 5.67. The fourth-order valence-electron chi connectivity index (χ4n) is 2.08. The van der Waals surface area contributed by atoms with Crippen molar-refractivity contribution < 1.29 is 24.8 Å². The molecule has 1 aliphatic rings. The minimum absolute atomic E-state index is 0.497. The summed E-state index contributed by atoms with van der Waals surface area (Å²) in [7, 11) is 0. The van der Waals surface area contributed by atoms with Crippen LogP contribution in [0.25, 0.3) is 0 Å². The van der Waals surface area contributed by atoms with E-state index in [-0.39, 0.29) is 0 Å². The Bertz CT molecular complexity index is 422. The topological polar surface area (TPSA) is 79.2 Å². The maximum atomic E-state index is 9.92. The maximum absolute atomic E-state index is 9.92. The zero-order valence-corrected chi connectivity index (χ0v) is 13.3. The van der Waals surface area contributed by atoms with E-state index in [1.807, 2.05) is 12.1 Å². The van der Waals surface area contributed by atoms with Crippen LogP contribution in [0.15, 0.2) is 24.3 Å². The van der Waals surface area contributed by atoms with Crippen LogP contribution in [0.3, 0.4) is 0 Å². The summed E-state index contributed by atoms with van der Waals surface area (Å²) in [5.74, 6) is 0.557. The molecule has 20 heavy (non-hydrogen) atoms. The van der Waals surface area contributed by atoms with Gasteiger partial charge in [0.05, 0.1) is 6.10 Å². The smallest absolute Gasteiger partial charge is 0.229 e. The van der Waals surface area contributed by atoms with Gasteiger partial charge in [0.15, 0.2) is 0 Å². The summed E-state index contributed by atoms with van der Waals surface area (Å²) in [6.45, 7) is 2.06. The molecule has 5 atom stereocenters. The Balaban J connectivity index is 2.06. The number of benzene rings is 1. The monoisotopic (exact) mass is 394 g/mol. The molecule has 1 aromatic rings. The van der Waals surface area contributed by atoms with Gasteiger partial charge in [-0.2, -0.15) is 0 Å². The van der Waals surface area contributed by atoms with Gasteiger partial charge in [-0.05, 0) is 24.1 Å². The molecule has 0 amide bonds. The molecule has 6 heteroatoms. The zero-order valence-electron chi connectivity index (χ0n) is 11.1. The van der Waals surface area contributed by atoms with Crippen LogP contribution >= 0.6 is 22.6 Å². The molecular formula is C14H19IO5. The first-order valence-corrected chi connectivity index (χ1v) is 8.10. The van der Waals surface area contributed by atoms with Crippen LogP contribution < -0.4 is 4.74 Å². The van der Waals surface area contributed by atoms with Crippen molar-refractivity contribution in [2.45, 2.75) is 44.1 Å². The Hall–Kier alpha value is -0.410. The lowest BCUT2D eigenvalue weighted by atomic mass is 10.00.